The fourth-order valence-electron chi connectivity index (χ4n) is 10.2. The molecular formula is C55H72N4O6. The van der Waals surface area contributed by atoms with Crippen molar-refractivity contribution in [3.63, 3.8) is 0 Å². The molecule has 5 aliphatic heterocycles. The van der Waals surface area contributed by atoms with Crippen molar-refractivity contribution in [1.82, 2.24) is 5.32 Å². The number of ketones is 1. The van der Waals surface area contributed by atoms with Gasteiger partial charge in [0, 0.05) is 51.9 Å². The number of carbonyl (C=O) groups is 3. The van der Waals surface area contributed by atoms with E-state index in [0.717, 1.165) is 59.2 Å². The molecule has 65 heavy (non-hydrogen) atoms. The van der Waals surface area contributed by atoms with Gasteiger partial charge in [0.05, 0.1) is 47.6 Å². The van der Waals surface area contributed by atoms with Gasteiger partial charge in [-0.3, -0.25) is 14.4 Å². The molecule has 0 aromatic carbocycles. The Morgan fingerprint density at radius 2 is 1.58 bits per heavy atom. The molecule has 0 radical (unpaired) electrons. The summed E-state index contributed by atoms with van der Waals surface area (Å²) < 4.78 is 11.0. The van der Waals surface area contributed by atoms with Gasteiger partial charge in [-0.25, -0.2) is 15.0 Å². The summed E-state index contributed by atoms with van der Waals surface area (Å²) in [6.45, 7) is 23.7. The molecule has 10 nitrogen and oxygen atoms in total. The van der Waals surface area contributed by atoms with E-state index in [-0.39, 0.29) is 36.6 Å². The van der Waals surface area contributed by atoms with Crippen LogP contribution in [0.25, 0.3) is 0 Å². The second-order valence-electron chi connectivity index (χ2n) is 19.4. The molecule has 0 unspecified atom stereocenters. The highest BCUT2D eigenvalue weighted by Gasteiger charge is 2.52. The van der Waals surface area contributed by atoms with Gasteiger partial charge in [0.15, 0.2) is 5.78 Å². The Balaban J connectivity index is 1.21. The molecule has 1 aliphatic carbocycles. The van der Waals surface area contributed by atoms with Gasteiger partial charge >= 0.3 is 11.9 Å². The Morgan fingerprint density at radius 3 is 2.23 bits per heavy atom. The number of allylic oxidation sites excluding steroid dienone is 13. The van der Waals surface area contributed by atoms with E-state index in [1.165, 1.54) is 57.6 Å². The number of hydrogen-bond acceptors (Lipinski definition) is 10. The highest BCUT2D eigenvalue weighted by atomic mass is 16.5. The van der Waals surface area contributed by atoms with Gasteiger partial charge in [0.1, 0.15) is 12.5 Å². The molecule has 1 saturated carbocycles. The van der Waals surface area contributed by atoms with E-state index in [2.05, 4.69) is 53.4 Å². The summed E-state index contributed by atoms with van der Waals surface area (Å²) in [4.78, 5) is 56.5. The third-order valence-electron chi connectivity index (χ3n) is 14.2. The summed E-state index contributed by atoms with van der Waals surface area (Å²) in [5.41, 5.74) is 10.9. The average Bonchev–Trinajstić information content (AvgIpc) is 4.02. The summed E-state index contributed by atoms with van der Waals surface area (Å²) >= 11 is 0. The highest BCUT2D eigenvalue weighted by molar-refractivity contribution is 6.42. The molecule has 348 valence electrons. The Hall–Kier alpha value is -5.38. The highest BCUT2D eigenvalue weighted by Crippen LogP contribution is 2.47. The fourth-order valence-corrected chi connectivity index (χ4v) is 10.2. The normalized spacial score (nSPS) is 23.2. The van der Waals surface area contributed by atoms with E-state index >= 15 is 0 Å². The first kappa shape index (κ1) is 49.1. The van der Waals surface area contributed by atoms with Crippen molar-refractivity contribution < 1.29 is 29.0 Å². The number of nitrogens with one attached hydrogen (secondary N) is 1. The second kappa shape index (κ2) is 21.7. The van der Waals surface area contributed by atoms with E-state index < -0.39 is 11.9 Å². The molecule has 0 amide bonds. The van der Waals surface area contributed by atoms with Crippen molar-refractivity contribution in [2.24, 2.45) is 50.5 Å². The molecule has 10 heteroatoms. The van der Waals surface area contributed by atoms with Gasteiger partial charge in [-0.15, -0.1) is 0 Å². The largest absolute Gasteiger partial charge is 0.515 e. The topological polar surface area (TPSA) is 139 Å². The van der Waals surface area contributed by atoms with Crippen molar-refractivity contribution in [1.29, 1.82) is 0 Å². The first-order valence-corrected chi connectivity index (χ1v) is 24.1. The predicted molar refractivity (Wildman–Crippen MR) is 262 cm³/mol. The lowest BCUT2D eigenvalue weighted by atomic mass is 9.85. The molecule has 0 spiro atoms. The molecule has 5 heterocycles. The van der Waals surface area contributed by atoms with Crippen molar-refractivity contribution in [3.05, 3.63) is 116 Å². The van der Waals surface area contributed by atoms with E-state index in [0.29, 0.717) is 75.1 Å². The number of aliphatic hydroxyl groups is 1. The second-order valence-corrected chi connectivity index (χ2v) is 19.4. The van der Waals surface area contributed by atoms with Crippen LogP contribution in [0, 0.1) is 35.5 Å². The lowest BCUT2D eigenvalue weighted by molar-refractivity contribution is -0.146. The fraction of sp³-hybridized carbons (Fsp3) is 0.527. The number of esters is 2. The number of aliphatic imine (C=N–C) groups is 3. The number of Topliss-reactive ketones (excluding diaryl/α,β-unsaturated/α-hetero) is 1. The number of nitrogens with zero attached hydrogens (tertiary/aromatic N) is 3. The first-order chi connectivity index (χ1) is 31.1. The molecule has 1 saturated heterocycles. The number of carbonyl (C=O) groups excluding carboxylic acids is 3. The van der Waals surface area contributed by atoms with Gasteiger partial charge in [0.25, 0.3) is 0 Å². The predicted octanol–water partition coefficient (Wildman–Crippen LogP) is 12.1. The Labute approximate surface area is 387 Å². The molecule has 5 atom stereocenters. The van der Waals surface area contributed by atoms with E-state index in [9.17, 15) is 19.5 Å². The van der Waals surface area contributed by atoms with E-state index in [1.54, 1.807) is 6.08 Å². The summed E-state index contributed by atoms with van der Waals surface area (Å²) in [5.74, 6) is -0.860. The monoisotopic (exact) mass is 885 g/mol. The summed E-state index contributed by atoms with van der Waals surface area (Å²) in [6, 6.07) is 0. The van der Waals surface area contributed by atoms with Gasteiger partial charge < -0.3 is 19.9 Å². The minimum absolute atomic E-state index is 0.117. The number of rotatable bonds is 20. The third-order valence-corrected chi connectivity index (χ3v) is 14.2. The zero-order valence-corrected chi connectivity index (χ0v) is 40.7. The van der Waals surface area contributed by atoms with Gasteiger partial charge in [-0.05, 0) is 105 Å². The maximum absolute atomic E-state index is 14.4. The van der Waals surface area contributed by atoms with Crippen LogP contribution in [0.4, 0.5) is 0 Å². The molecule has 0 aromatic rings. The Kier molecular flexibility index (Phi) is 16.4. The van der Waals surface area contributed by atoms with Crippen LogP contribution in [0.3, 0.4) is 0 Å². The maximum Gasteiger partial charge on any atom is 0.321 e. The third kappa shape index (κ3) is 10.8. The first-order valence-electron chi connectivity index (χ1n) is 24.1. The van der Waals surface area contributed by atoms with Crippen molar-refractivity contribution in [2.45, 2.75) is 139 Å². The quantitative estimate of drug-likeness (QED) is 0.0537. The summed E-state index contributed by atoms with van der Waals surface area (Å²) in [7, 11) is 1.28. The van der Waals surface area contributed by atoms with Crippen molar-refractivity contribution in [3.8, 4) is 0 Å². The lowest BCUT2D eigenvalue weighted by Crippen LogP contribution is -2.26. The number of hydrogen-bond donors (Lipinski definition) is 2. The standard InChI is InChI=1S/C55H72N4O6/c1-12-38-35(8)42-27-46-39(13-2)41(30-60)47(57-46)28-43-36(9)40(52(58-43)50-51(55(63)64-11)54(62)49-37(10)44(59-53(49)50)29-45(38)56-42)23-24-48(61)65-26-25-34(7)22-16-21-33(6)20-15-19-32(5)18-14-17-31(3)4/h13,25,27-33,36,40,51,58,60H,2,12,14-24,26H2,1,3-11H3/b34-25+,41-30?,42-27?,43-28?,44-29?,52-50?/t32-,33-,36+,40+,51-/m1/s1. The molecule has 0 aromatic heterocycles. The Bertz CT molecular complexity index is 2350. The number of fused-ring (bicyclic) bond motifs is 5. The molecule has 6 rings (SSSR count). The molecule has 2 N–H and O–H groups in total. The zero-order chi connectivity index (χ0) is 47.1. The molecule has 6 aliphatic rings. The number of methoxy groups -OCH3 is 1. The zero-order valence-electron chi connectivity index (χ0n) is 40.7. The van der Waals surface area contributed by atoms with Crippen LogP contribution in [0.15, 0.2) is 131 Å². The number of ether oxygens (including phenoxy) is 2. The summed E-state index contributed by atoms with van der Waals surface area (Å²) in [6.07, 6.45) is 22.8. The average molecular weight is 885 g/mol. The molecule has 2 fully saturated rings. The SMILES string of the molecule is C=CC1=C2C=C3N=C(C=C4N=C5C(=C4C)C(=O)[C@H](C(=O)OC)C5=C4NC(=CC(=N2)C1=CO)[C@@H](C)[C@@H]4CCC(=O)OC/C=C(\C)CCC[C@H](C)CCC[C@H](C)CCCC(C)C)C(CC)=C3C. The van der Waals surface area contributed by atoms with Gasteiger partial charge in [-0.2, -0.15) is 0 Å². The minimum atomic E-state index is -1.24. The molecular weight excluding hydrogens is 813 g/mol. The van der Waals surface area contributed by atoms with Gasteiger partial charge in [0.2, 0.25) is 0 Å². The van der Waals surface area contributed by atoms with Crippen LogP contribution in [-0.2, 0) is 23.9 Å². The van der Waals surface area contributed by atoms with Crippen molar-refractivity contribution >= 4 is 34.9 Å². The lowest BCUT2D eigenvalue weighted by Gasteiger charge is -2.19. The summed E-state index contributed by atoms with van der Waals surface area (Å²) in [5, 5.41) is 14.2. The van der Waals surface area contributed by atoms with Crippen LogP contribution in [0.1, 0.15) is 139 Å². The van der Waals surface area contributed by atoms with Crippen molar-refractivity contribution in [2.75, 3.05) is 13.7 Å². The van der Waals surface area contributed by atoms with E-state index in [4.69, 9.17) is 24.5 Å². The Morgan fingerprint density at radius 1 is 0.908 bits per heavy atom. The van der Waals surface area contributed by atoms with Crippen LogP contribution in [0.2, 0.25) is 0 Å². The van der Waals surface area contributed by atoms with Crippen LogP contribution in [-0.4, -0.2) is 53.7 Å². The smallest absolute Gasteiger partial charge is 0.321 e. The minimum Gasteiger partial charge on any atom is -0.515 e. The van der Waals surface area contributed by atoms with Crippen LogP contribution in [0.5, 0.6) is 0 Å². The van der Waals surface area contributed by atoms with Crippen LogP contribution >= 0.6 is 0 Å². The maximum atomic E-state index is 14.4. The number of aliphatic hydroxyl groups excluding tert-OH is 1. The van der Waals surface area contributed by atoms with E-state index in [1.807, 2.05) is 45.1 Å². The van der Waals surface area contributed by atoms with Crippen LogP contribution < -0.4 is 5.32 Å². The molecule has 8 bridgehead atoms. The van der Waals surface area contributed by atoms with Gasteiger partial charge in [-0.1, -0.05) is 105 Å².